The van der Waals surface area contributed by atoms with Crippen molar-refractivity contribution in [2.75, 3.05) is 18.9 Å². The number of ether oxygens (including phenoxy) is 1. The number of anilines is 1. The van der Waals surface area contributed by atoms with Gasteiger partial charge in [0.15, 0.2) is 6.61 Å². The van der Waals surface area contributed by atoms with Crippen molar-refractivity contribution in [3.8, 4) is 5.75 Å². The summed E-state index contributed by atoms with van der Waals surface area (Å²) < 4.78 is 10.4. The zero-order valence-electron chi connectivity index (χ0n) is 15.9. The highest BCUT2D eigenvalue weighted by atomic mass is 35.5. The van der Waals surface area contributed by atoms with Crippen LogP contribution in [0.4, 0.5) is 5.69 Å². The highest BCUT2D eigenvalue weighted by Gasteiger charge is 2.16. The van der Waals surface area contributed by atoms with Crippen molar-refractivity contribution in [3.05, 3.63) is 70.8 Å². The number of rotatable bonds is 7. The Kier molecular flexibility index (Phi) is 6.46. The monoisotopic (exact) mass is 414 g/mol. The molecule has 0 unspecified atom stereocenters. The lowest BCUT2D eigenvalue weighted by molar-refractivity contribution is -0.116. The molecule has 1 aromatic heterocycles. The maximum absolute atomic E-state index is 12.5. The Balaban J connectivity index is 1.53. The summed E-state index contributed by atoms with van der Waals surface area (Å²) in [6.45, 7) is 1.74. The third kappa shape index (κ3) is 5.55. The minimum atomic E-state index is -0.343. The van der Waals surface area contributed by atoms with Gasteiger partial charge >= 0.3 is 0 Å². The largest absolute Gasteiger partial charge is 0.485 e. The molecule has 0 aliphatic rings. The molecule has 0 aliphatic carbocycles. The fourth-order valence-corrected chi connectivity index (χ4v) is 2.68. The van der Waals surface area contributed by atoms with Crippen LogP contribution >= 0.6 is 11.6 Å². The van der Waals surface area contributed by atoms with Crippen LogP contribution in [0.2, 0.25) is 5.02 Å². The average Bonchev–Trinajstić information content (AvgIpc) is 3.13. The molecule has 8 nitrogen and oxygen atoms in total. The molecule has 0 radical (unpaired) electrons. The van der Waals surface area contributed by atoms with E-state index in [0.717, 1.165) is 0 Å². The maximum Gasteiger partial charge on any atom is 0.254 e. The first-order valence-electron chi connectivity index (χ1n) is 8.74. The highest BCUT2D eigenvalue weighted by molar-refractivity contribution is 6.33. The van der Waals surface area contributed by atoms with Crippen LogP contribution in [-0.4, -0.2) is 40.4 Å². The molecule has 1 heterocycles. The van der Waals surface area contributed by atoms with Crippen LogP contribution in [0.5, 0.6) is 5.75 Å². The van der Waals surface area contributed by atoms with Gasteiger partial charge in [0, 0.05) is 19.5 Å². The van der Waals surface area contributed by atoms with Gasteiger partial charge in [-0.1, -0.05) is 28.9 Å². The number of carbonyl (C=O) groups excluding carboxylic acids is 2. The number of aromatic nitrogens is 2. The molecular formula is C20H19ClN4O4. The molecule has 0 spiro atoms. The Morgan fingerprint density at radius 2 is 1.90 bits per heavy atom. The summed E-state index contributed by atoms with van der Waals surface area (Å²) in [6.07, 6.45) is 0. The number of carbonyl (C=O) groups is 2. The Hall–Kier alpha value is -3.39. The second-order valence-corrected chi connectivity index (χ2v) is 6.64. The van der Waals surface area contributed by atoms with E-state index in [-0.39, 0.29) is 25.0 Å². The Morgan fingerprint density at radius 1 is 1.17 bits per heavy atom. The van der Waals surface area contributed by atoms with Crippen molar-refractivity contribution in [2.45, 2.75) is 13.5 Å². The molecule has 2 amide bonds. The summed E-state index contributed by atoms with van der Waals surface area (Å²) >= 11 is 6.02. The molecule has 29 heavy (non-hydrogen) atoms. The zero-order valence-corrected chi connectivity index (χ0v) is 16.6. The summed E-state index contributed by atoms with van der Waals surface area (Å²) in [4.78, 5) is 30.1. The molecule has 3 rings (SSSR count). The molecule has 3 aromatic rings. The van der Waals surface area contributed by atoms with Crippen LogP contribution in [0.15, 0.2) is 53.1 Å². The van der Waals surface area contributed by atoms with Gasteiger partial charge in [-0.2, -0.15) is 4.98 Å². The molecule has 0 atom stereocenters. The molecule has 0 bridgehead atoms. The lowest BCUT2D eigenvalue weighted by Crippen LogP contribution is -2.34. The first-order valence-corrected chi connectivity index (χ1v) is 9.12. The van der Waals surface area contributed by atoms with Crippen molar-refractivity contribution < 1.29 is 18.8 Å². The van der Waals surface area contributed by atoms with Crippen LogP contribution in [0, 0.1) is 6.92 Å². The van der Waals surface area contributed by atoms with Gasteiger partial charge in [0.1, 0.15) is 5.75 Å². The smallest absolute Gasteiger partial charge is 0.254 e. The van der Waals surface area contributed by atoms with Crippen LogP contribution in [0.25, 0.3) is 0 Å². The van der Waals surface area contributed by atoms with E-state index in [2.05, 4.69) is 15.5 Å². The minimum Gasteiger partial charge on any atom is -0.485 e. The number of aryl methyl sites for hydroxylation is 1. The van der Waals surface area contributed by atoms with Crippen LogP contribution in [0.3, 0.4) is 0 Å². The van der Waals surface area contributed by atoms with E-state index in [1.54, 1.807) is 62.5 Å². The summed E-state index contributed by atoms with van der Waals surface area (Å²) in [7, 11) is 1.55. The molecular weight excluding hydrogens is 396 g/mol. The lowest BCUT2D eigenvalue weighted by atomic mass is 10.2. The zero-order chi connectivity index (χ0) is 20.8. The van der Waals surface area contributed by atoms with Crippen molar-refractivity contribution in [1.29, 1.82) is 0 Å². The molecule has 150 valence electrons. The van der Waals surface area contributed by atoms with E-state index >= 15 is 0 Å². The number of hydrogen-bond donors (Lipinski definition) is 1. The molecule has 0 aliphatic heterocycles. The maximum atomic E-state index is 12.5. The summed E-state index contributed by atoms with van der Waals surface area (Å²) in [6, 6.07) is 13.5. The first-order chi connectivity index (χ1) is 13.9. The van der Waals surface area contributed by atoms with E-state index in [9.17, 15) is 9.59 Å². The normalized spacial score (nSPS) is 10.4. The number of halogens is 1. The number of likely N-dealkylation sites (N-methyl/N-ethyl adjacent to an activating group) is 1. The van der Waals surface area contributed by atoms with E-state index < -0.39 is 0 Å². The average molecular weight is 415 g/mol. The summed E-state index contributed by atoms with van der Waals surface area (Å²) in [5, 5.41) is 6.86. The molecule has 1 N–H and O–H groups in total. The Labute approximate surface area is 172 Å². The number of hydrogen-bond acceptors (Lipinski definition) is 6. The first kappa shape index (κ1) is 20.3. The van der Waals surface area contributed by atoms with Crippen molar-refractivity contribution >= 4 is 29.1 Å². The second kappa shape index (κ2) is 9.20. The van der Waals surface area contributed by atoms with E-state index in [1.165, 1.54) is 4.90 Å². The third-order valence-electron chi connectivity index (χ3n) is 3.91. The predicted molar refractivity (Wildman–Crippen MR) is 107 cm³/mol. The fraction of sp³-hybridized carbons (Fsp3) is 0.200. The van der Waals surface area contributed by atoms with Crippen molar-refractivity contribution in [1.82, 2.24) is 15.0 Å². The summed E-state index contributed by atoms with van der Waals surface area (Å²) in [5.41, 5.74) is 0.930. The minimum absolute atomic E-state index is 0.112. The standard InChI is InChI=1S/C20H19ClN4O4/c1-13-22-18(24-29-13)12-28-15-9-7-14(8-10-15)20(27)25(2)11-19(26)23-17-6-4-3-5-16(17)21/h3-10H,11-12H2,1-2H3,(H,23,26). The van der Waals surface area contributed by atoms with Gasteiger partial charge in [0.25, 0.3) is 5.91 Å². The lowest BCUT2D eigenvalue weighted by Gasteiger charge is -2.17. The van der Waals surface area contributed by atoms with Gasteiger partial charge in [0.2, 0.25) is 17.6 Å². The topological polar surface area (TPSA) is 97.6 Å². The molecule has 0 saturated carbocycles. The Bertz CT molecular complexity index is 1000. The van der Waals surface area contributed by atoms with Gasteiger partial charge < -0.3 is 19.5 Å². The van der Waals surface area contributed by atoms with Gasteiger partial charge in [-0.05, 0) is 36.4 Å². The highest BCUT2D eigenvalue weighted by Crippen LogP contribution is 2.20. The van der Waals surface area contributed by atoms with Crippen LogP contribution < -0.4 is 10.1 Å². The Morgan fingerprint density at radius 3 is 2.55 bits per heavy atom. The number of nitrogens with zero attached hydrogens (tertiary/aromatic N) is 3. The molecule has 0 fully saturated rings. The number of nitrogens with one attached hydrogen (secondary N) is 1. The SMILES string of the molecule is Cc1nc(COc2ccc(C(=O)N(C)CC(=O)Nc3ccccc3Cl)cc2)no1. The van der Waals surface area contributed by atoms with E-state index in [4.69, 9.17) is 20.9 Å². The van der Waals surface area contributed by atoms with Crippen molar-refractivity contribution in [2.24, 2.45) is 0 Å². The van der Waals surface area contributed by atoms with E-state index in [0.29, 0.717) is 33.7 Å². The second-order valence-electron chi connectivity index (χ2n) is 6.23. The number of benzene rings is 2. The van der Waals surface area contributed by atoms with Crippen molar-refractivity contribution in [3.63, 3.8) is 0 Å². The van der Waals surface area contributed by atoms with Gasteiger partial charge in [-0.25, -0.2) is 0 Å². The summed E-state index contributed by atoms with van der Waals surface area (Å²) in [5.74, 6) is 0.824. The predicted octanol–water partition coefficient (Wildman–Crippen LogP) is 3.32. The van der Waals surface area contributed by atoms with Gasteiger partial charge in [-0.3, -0.25) is 9.59 Å². The van der Waals surface area contributed by atoms with E-state index in [1.807, 2.05) is 0 Å². The quantitative estimate of drug-likeness (QED) is 0.636. The molecule has 2 aromatic carbocycles. The third-order valence-corrected chi connectivity index (χ3v) is 4.24. The van der Waals surface area contributed by atoms with Crippen LogP contribution in [-0.2, 0) is 11.4 Å². The molecule has 0 saturated heterocycles. The van der Waals surface area contributed by atoms with Gasteiger partial charge in [0.05, 0.1) is 17.3 Å². The fourth-order valence-electron chi connectivity index (χ4n) is 2.50. The van der Waals surface area contributed by atoms with Crippen LogP contribution in [0.1, 0.15) is 22.1 Å². The number of para-hydroxylation sites is 1. The molecule has 9 heteroatoms. The number of amides is 2. The van der Waals surface area contributed by atoms with Gasteiger partial charge in [-0.15, -0.1) is 0 Å².